The molecule has 1 unspecified atom stereocenters. The molecule has 0 amide bonds. The molecule has 0 radical (unpaired) electrons. The highest BCUT2D eigenvalue weighted by Crippen LogP contribution is 2.24. The summed E-state index contributed by atoms with van der Waals surface area (Å²) < 4.78 is 1.97. The lowest BCUT2D eigenvalue weighted by Crippen LogP contribution is -2.14. The van der Waals surface area contributed by atoms with E-state index in [0.29, 0.717) is 0 Å². The van der Waals surface area contributed by atoms with Crippen LogP contribution in [-0.2, 0) is 6.54 Å². The van der Waals surface area contributed by atoms with Crippen LogP contribution in [0.5, 0.6) is 0 Å². The second-order valence-corrected chi connectivity index (χ2v) is 4.88. The Morgan fingerprint density at radius 1 is 1.44 bits per heavy atom. The quantitative estimate of drug-likeness (QED) is 0.850. The maximum absolute atomic E-state index is 5.92. The van der Waals surface area contributed by atoms with Crippen molar-refractivity contribution in [3.8, 4) is 0 Å². The van der Waals surface area contributed by atoms with Gasteiger partial charge in [-0.25, -0.2) is 0 Å². The third kappa shape index (κ3) is 2.82. The van der Waals surface area contributed by atoms with E-state index in [2.05, 4.69) is 17.2 Å². The fourth-order valence-corrected chi connectivity index (χ4v) is 2.42. The molecule has 1 aliphatic rings. The Morgan fingerprint density at radius 2 is 2.19 bits per heavy atom. The van der Waals surface area contributed by atoms with E-state index < -0.39 is 0 Å². The molecule has 16 heavy (non-hydrogen) atoms. The summed E-state index contributed by atoms with van der Waals surface area (Å²) in [6.45, 7) is 3.09. The van der Waals surface area contributed by atoms with Crippen molar-refractivity contribution < 1.29 is 0 Å². The molecule has 4 heteroatoms. The normalized spacial score (nSPS) is 19.9. The molecule has 1 aromatic heterocycles. The van der Waals surface area contributed by atoms with Gasteiger partial charge in [-0.3, -0.25) is 4.68 Å². The number of hydrogen-bond donors (Lipinski definition) is 1. The van der Waals surface area contributed by atoms with Crippen molar-refractivity contribution in [2.24, 2.45) is 11.7 Å². The van der Waals surface area contributed by atoms with Gasteiger partial charge < -0.3 is 5.73 Å². The van der Waals surface area contributed by atoms with Crippen molar-refractivity contribution in [1.29, 1.82) is 0 Å². The van der Waals surface area contributed by atoms with E-state index in [1.54, 1.807) is 0 Å². The highest BCUT2D eigenvalue weighted by atomic mass is 15.4. The van der Waals surface area contributed by atoms with E-state index in [9.17, 15) is 0 Å². The minimum absolute atomic E-state index is 0.0418. The predicted octanol–water partition coefficient (Wildman–Crippen LogP) is 2.27. The average molecular weight is 222 g/mol. The van der Waals surface area contributed by atoms with Gasteiger partial charge in [0.2, 0.25) is 0 Å². The maximum Gasteiger partial charge on any atom is 0.0993 e. The van der Waals surface area contributed by atoms with Crippen LogP contribution in [0.2, 0.25) is 0 Å². The van der Waals surface area contributed by atoms with Gasteiger partial charge in [0.05, 0.1) is 17.9 Å². The van der Waals surface area contributed by atoms with E-state index in [0.717, 1.165) is 24.6 Å². The Hall–Kier alpha value is -0.900. The molecule has 1 fully saturated rings. The standard InChI is InChI=1S/C12H22N4/c1-2-11(13)12-9-16(15-14-12)8-10-6-4-3-5-7-10/h9-11H,2-8,13H2,1H3. The van der Waals surface area contributed by atoms with E-state index >= 15 is 0 Å². The molecule has 1 aromatic rings. The Bertz CT molecular complexity index is 315. The van der Waals surface area contributed by atoms with Gasteiger partial charge in [-0.05, 0) is 25.2 Å². The zero-order valence-electron chi connectivity index (χ0n) is 10.1. The van der Waals surface area contributed by atoms with Crippen LogP contribution in [0.3, 0.4) is 0 Å². The number of rotatable bonds is 4. The van der Waals surface area contributed by atoms with Crippen LogP contribution in [-0.4, -0.2) is 15.0 Å². The lowest BCUT2D eigenvalue weighted by molar-refractivity contribution is 0.305. The van der Waals surface area contributed by atoms with Crippen LogP contribution in [0.25, 0.3) is 0 Å². The first-order chi connectivity index (χ1) is 7.79. The molecular weight excluding hydrogens is 200 g/mol. The van der Waals surface area contributed by atoms with E-state index in [1.165, 1.54) is 32.1 Å². The SMILES string of the molecule is CCC(N)c1cn(CC2CCCCC2)nn1. The summed E-state index contributed by atoms with van der Waals surface area (Å²) >= 11 is 0. The lowest BCUT2D eigenvalue weighted by Gasteiger charge is -2.20. The number of nitrogens with zero attached hydrogens (tertiary/aromatic N) is 3. The first-order valence-electron chi connectivity index (χ1n) is 6.45. The molecule has 1 aliphatic carbocycles. The van der Waals surface area contributed by atoms with Crippen molar-refractivity contribution in [2.75, 3.05) is 0 Å². The van der Waals surface area contributed by atoms with E-state index in [1.807, 2.05) is 10.9 Å². The second kappa shape index (κ2) is 5.43. The third-order valence-electron chi connectivity index (χ3n) is 3.55. The highest BCUT2D eigenvalue weighted by molar-refractivity contribution is 4.98. The van der Waals surface area contributed by atoms with Crippen molar-refractivity contribution >= 4 is 0 Å². The molecule has 90 valence electrons. The topological polar surface area (TPSA) is 56.7 Å². The Kier molecular flexibility index (Phi) is 3.93. The monoisotopic (exact) mass is 222 g/mol. The zero-order chi connectivity index (χ0) is 11.4. The van der Waals surface area contributed by atoms with Crippen LogP contribution in [0.4, 0.5) is 0 Å². The van der Waals surface area contributed by atoms with Gasteiger partial charge in [0.25, 0.3) is 0 Å². The molecule has 0 aromatic carbocycles. The summed E-state index contributed by atoms with van der Waals surface area (Å²) in [5, 5.41) is 8.31. The van der Waals surface area contributed by atoms with Gasteiger partial charge in [0.15, 0.2) is 0 Å². The van der Waals surface area contributed by atoms with Crippen LogP contribution in [0, 0.1) is 5.92 Å². The Morgan fingerprint density at radius 3 is 2.88 bits per heavy atom. The third-order valence-corrected chi connectivity index (χ3v) is 3.55. The predicted molar refractivity (Wildman–Crippen MR) is 63.8 cm³/mol. The van der Waals surface area contributed by atoms with Gasteiger partial charge >= 0.3 is 0 Å². The maximum atomic E-state index is 5.92. The van der Waals surface area contributed by atoms with Gasteiger partial charge in [-0.1, -0.05) is 31.4 Å². The molecule has 0 aliphatic heterocycles. The summed E-state index contributed by atoms with van der Waals surface area (Å²) in [6.07, 6.45) is 9.77. The number of hydrogen-bond acceptors (Lipinski definition) is 3. The smallest absolute Gasteiger partial charge is 0.0993 e. The van der Waals surface area contributed by atoms with Crippen molar-refractivity contribution in [1.82, 2.24) is 15.0 Å². The van der Waals surface area contributed by atoms with Crippen LogP contribution < -0.4 is 5.73 Å². The summed E-state index contributed by atoms with van der Waals surface area (Å²) in [6, 6.07) is 0.0418. The molecule has 1 saturated carbocycles. The molecule has 2 rings (SSSR count). The fraction of sp³-hybridized carbons (Fsp3) is 0.833. The largest absolute Gasteiger partial charge is 0.323 e. The summed E-state index contributed by atoms with van der Waals surface area (Å²) in [4.78, 5) is 0. The van der Waals surface area contributed by atoms with Crippen molar-refractivity contribution in [3.05, 3.63) is 11.9 Å². The van der Waals surface area contributed by atoms with Crippen LogP contribution in [0.15, 0.2) is 6.20 Å². The molecule has 4 nitrogen and oxygen atoms in total. The summed E-state index contributed by atoms with van der Waals surface area (Å²) in [5.41, 5.74) is 6.85. The number of nitrogens with two attached hydrogens (primary N) is 1. The molecule has 2 N–H and O–H groups in total. The Labute approximate surface area is 97.2 Å². The summed E-state index contributed by atoms with van der Waals surface area (Å²) in [5.74, 6) is 0.793. The first kappa shape index (κ1) is 11.6. The van der Waals surface area contributed by atoms with Crippen molar-refractivity contribution in [2.45, 2.75) is 58.0 Å². The van der Waals surface area contributed by atoms with E-state index in [-0.39, 0.29) is 6.04 Å². The Balaban J connectivity index is 1.91. The fourth-order valence-electron chi connectivity index (χ4n) is 2.42. The molecule has 1 heterocycles. The average Bonchev–Trinajstić information content (AvgIpc) is 2.78. The minimum atomic E-state index is 0.0418. The zero-order valence-corrected chi connectivity index (χ0v) is 10.1. The number of aromatic nitrogens is 3. The molecule has 0 saturated heterocycles. The second-order valence-electron chi connectivity index (χ2n) is 4.88. The van der Waals surface area contributed by atoms with Crippen LogP contribution in [0.1, 0.15) is 57.2 Å². The van der Waals surface area contributed by atoms with Gasteiger partial charge in [0.1, 0.15) is 0 Å². The molecule has 0 spiro atoms. The van der Waals surface area contributed by atoms with E-state index in [4.69, 9.17) is 5.73 Å². The molecular formula is C12H22N4. The lowest BCUT2D eigenvalue weighted by atomic mass is 9.89. The highest BCUT2D eigenvalue weighted by Gasteiger charge is 2.15. The van der Waals surface area contributed by atoms with Crippen LogP contribution >= 0.6 is 0 Å². The molecule has 0 bridgehead atoms. The summed E-state index contributed by atoms with van der Waals surface area (Å²) in [7, 11) is 0. The van der Waals surface area contributed by atoms with Gasteiger partial charge in [-0.2, -0.15) is 0 Å². The van der Waals surface area contributed by atoms with Gasteiger partial charge in [0, 0.05) is 6.54 Å². The van der Waals surface area contributed by atoms with Crippen molar-refractivity contribution in [3.63, 3.8) is 0 Å². The molecule has 1 atom stereocenters. The first-order valence-corrected chi connectivity index (χ1v) is 6.45. The van der Waals surface area contributed by atoms with Gasteiger partial charge in [-0.15, -0.1) is 5.10 Å². The minimum Gasteiger partial charge on any atom is -0.323 e.